The Hall–Kier alpha value is -3.18. The van der Waals surface area contributed by atoms with E-state index in [1.807, 2.05) is 12.1 Å². The molecule has 0 aromatic heterocycles. The molecule has 3 aromatic rings. The van der Waals surface area contributed by atoms with Crippen molar-refractivity contribution in [2.24, 2.45) is 5.92 Å². The van der Waals surface area contributed by atoms with E-state index >= 15 is 0 Å². The van der Waals surface area contributed by atoms with Crippen LogP contribution in [0.15, 0.2) is 66.7 Å². The zero-order valence-corrected chi connectivity index (χ0v) is 17.9. The van der Waals surface area contributed by atoms with E-state index in [0.717, 1.165) is 18.4 Å². The first-order valence-electron chi connectivity index (χ1n) is 10.7. The van der Waals surface area contributed by atoms with Crippen LogP contribution < -0.4 is 10.6 Å². The summed E-state index contributed by atoms with van der Waals surface area (Å²) in [6.45, 7) is 2.65. The van der Waals surface area contributed by atoms with Crippen LogP contribution in [0.25, 0.3) is 10.8 Å². The van der Waals surface area contributed by atoms with E-state index in [-0.39, 0.29) is 23.8 Å². The predicted molar refractivity (Wildman–Crippen MR) is 122 cm³/mol. The van der Waals surface area contributed by atoms with E-state index < -0.39 is 0 Å². The molecular formula is C26H28N2O3. The number of carbonyl (C=O) groups excluding carboxylic acids is 2. The third kappa shape index (κ3) is 4.78. The van der Waals surface area contributed by atoms with Crippen LogP contribution in [-0.4, -0.2) is 25.0 Å². The summed E-state index contributed by atoms with van der Waals surface area (Å²) >= 11 is 0. The Balaban J connectivity index is 1.25. The fourth-order valence-electron chi connectivity index (χ4n) is 4.25. The van der Waals surface area contributed by atoms with Gasteiger partial charge in [0.25, 0.3) is 0 Å². The van der Waals surface area contributed by atoms with Gasteiger partial charge in [0, 0.05) is 24.5 Å². The van der Waals surface area contributed by atoms with Crippen LogP contribution in [0.2, 0.25) is 0 Å². The lowest BCUT2D eigenvalue weighted by molar-refractivity contribution is -0.128. The number of ether oxygens (including phenoxy) is 1. The van der Waals surface area contributed by atoms with Gasteiger partial charge in [-0.05, 0) is 53.8 Å². The average Bonchev–Trinajstić information content (AvgIpc) is 2.78. The first kappa shape index (κ1) is 21.1. The smallest absolute Gasteiger partial charge is 0.337 e. The second-order valence-corrected chi connectivity index (χ2v) is 8.23. The number of nitrogens with one attached hydrogen (secondary N) is 2. The minimum atomic E-state index is -0.360. The van der Waals surface area contributed by atoms with E-state index in [4.69, 9.17) is 4.74 Å². The molecule has 0 unspecified atom stereocenters. The number of methoxy groups -OCH3 is 1. The molecule has 0 spiro atoms. The van der Waals surface area contributed by atoms with E-state index in [9.17, 15) is 9.59 Å². The van der Waals surface area contributed by atoms with Gasteiger partial charge in [0.1, 0.15) is 0 Å². The number of carbonyl (C=O) groups is 2. The number of hydrogen-bond acceptors (Lipinski definition) is 4. The van der Waals surface area contributed by atoms with Crippen molar-refractivity contribution in [1.82, 2.24) is 10.6 Å². The van der Waals surface area contributed by atoms with Gasteiger partial charge in [-0.2, -0.15) is 0 Å². The van der Waals surface area contributed by atoms with Gasteiger partial charge in [-0.1, -0.05) is 54.6 Å². The molecule has 0 aliphatic heterocycles. The van der Waals surface area contributed by atoms with Gasteiger partial charge in [0.05, 0.1) is 12.7 Å². The van der Waals surface area contributed by atoms with Crippen LogP contribution in [0.5, 0.6) is 0 Å². The van der Waals surface area contributed by atoms with E-state index in [2.05, 4.69) is 60.0 Å². The van der Waals surface area contributed by atoms with Crippen molar-refractivity contribution in [1.29, 1.82) is 0 Å². The summed E-state index contributed by atoms with van der Waals surface area (Å²) in [5.74, 6) is -0.221. The molecular weight excluding hydrogens is 388 g/mol. The fourth-order valence-corrected chi connectivity index (χ4v) is 4.25. The Kier molecular flexibility index (Phi) is 6.33. The van der Waals surface area contributed by atoms with Crippen LogP contribution >= 0.6 is 0 Å². The zero-order valence-electron chi connectivity index (χ0n) is 17.9. The Morgan fingerprint density at radius 3 is 2.45 bits per heavy atom. The van der Waals surface area contributed by atoms with Gasteiger partial charge in [-0.25, -0.2) is 4.79 Å². The minimum absolute atomic E-state index is 0.0477. The zero-order chi connectivity index (χ0) is 21.8. The van der Waals surface area contributed by atoms with Crippen molar-refractivity contribution >= 4 is 22.6 Å². The maximum atomic E-state index is 12.5. The topological polar surface area (TPSA) is 67.4 Å². The molecule has 160 valence electrons. The lowest BCUT2D eigenvalue weighted by Gasteiger charge is -2.37. The summed E-state index contributed by atoms with van der Waals surface area (Å²) in [7, 11) is 1.36. The number of esters is 1. The maximum absolute atomic E-state index is 12.5. The van der Waals surface area contributed by atoms with E-state index in [0.29, 0.717) is 18.2 Å². The van der Waals surface area contributed by atoms with Crippen LogP contribution in [0.3, 0.4) is 0 Å². The Labute approximate surface area is 182 Å². The highest BCUT2D eigenvalue weighted by molar-refractivity contribution is 5.89. The highest BCUT2D eigenvalue weighted by Crippen LogP contribution is 2.31. The normalized spacial score (nSPS) is 18.8. The number of rotatable bonds is 7. The van der Waals surface area contributed by atoms with E-state index in [1.165, 1.54) is 23.4 Å². The first-order valence-corrected chi connectivity index (χ1v) is 10.7. The molecule has 31 heavy (non-hydrogen) atoms. The van der Waals surface area contributed by atoms with Crippen LogP contribution in [0.4, 0.5) is 0 Å². The van der Waals surface area contributed by atoms with Crippen LogP contribution in [-0.2, 0) is 16.1 Å². The predicted octanol–water partition coefficient (Wildman–Crippen LogP) is 4.37. The van der Waals surface area contributed by atoms with Crippen molar-refractivity contribution in [2.45, 2.75) is 38.4 Å². The molecule has 4 rings (SSSR count). The third-order valence-corrected chi connectivity index (χ3v) is 6.13. The third-order valence-electron chi connectivity index (χ3n) is 6.13. The second-order valence-electron chi connectivity index (χ2n) is 8.23. The maximum Gasteiger partial charge on any atom is 0.337 e. The lowest BCUT2D eigenvalue weighted by atomic mass is 9.79. The summed E-state index contributed by atoms with van der Waals surface area (Å²) in [6.07, 6.45) is 1.70. The average molecular weight is 417 g/mol. The second kappa shape index (κ2) is 9.31. The van der Waals surface area contributed by atoms with Crippen LogP contribution in [0.1, 0.15) is 47.3 Å². The van der Waals surface area contributed by atoms with Crippen LogP contribution in [0, 0.1) is 5.92 Å². The highest BCUT2D eigenvalue weighted by Gasteiger charge is 2.35. The number of fused-ring (bicyclic) bond motifs is 1. The Bertz CT molecular complexity index is 1070. The molecule has 0 saturated heterocycles. The highest BCUT2D eigenvalue weighted by atomic mass is 16.5. The lowest BCUT2D eigenvalue weighted by Crippen LogP contribution is -2.48. The summed E-state index contributed by atoms with van der Waals surface area (Å²) < 4.78 is 4.70. The largest absolute Gasteiger partial charge is 0.465 e. The summed E-state index contributed by atoms with van der Waals surface area (Å²) in [4.78, 5) is 24.0. The molecule has 0 bridgehead atoms. The van der Waals surface area contributed by atoms with Gasteiger partial charge in [0.2, 0.25) is 5.91 Å². The van der Waals surface area contributed by atoms with Crippen molar-refractivity contribution < 1.29 is 14.3 Å². The molecule has 3 aromatic carbocycles. The Morgan fingerprint density at radius 2 is 1.71 bits per heavy atom. The molecule has 1 amide bonds. The molecule has 1 fully saturated rings. The summed E-state index contributed by atoms with van der Waals surface area (Å²) in [5, 5.41) is 9.22. The quantitative estimate of drug-likeness (QED) is 0.561. The van der Waals surface area contributed by atoms with Gasteiger partial charge in [0.15, 0.2) is 0 Å². The van der Waals surface area contributed by atoms with Gasteiger partial charge in [-0.15, -0.1) is 0 Å². The number of hydrogen-bond donors (Lipinski definition) is 2. The Morgan fingerprint density at radius 1 is 1.00 bits per heavy atom. The monoisotopic (exact) mass is 416 g/mol. The van der Waals surface area contributed by atoms with Crippen molar-refractivity contribution in [3.8, 4) is 0 Å². The molecule has 1 saturated carbocycles. The van der Waals surface area contributed by atoms with Crippen molar-refractivity contribution in [3.05, 3.63) is 83.4 Å². The van der Waals surface area contributed by atoms with Crippen molar-refractivity contribution in [2.75, 3.05) is 7.11 Å². The molecule has 2 N–H and O–H groups in total. The number of benzene rings is 3. The molecule has 1 aliphatic carbocycles. The van der Waals surface area contributed by atoms with Crippen molar-refractivity contribution in [3.63, 3.8) is 0 Å². The molecule has 1 atom stereocenters. The molecule has 1 aliphatic rings. The summed E-state index contributed by atoms with van der Waals surface area (Å²) in [6, 6.07) is 22.5. The van der Waals surface area contributed by atoms with Gasteiger partial charge in [-0.3, -0.25) is 4.79 Å². The van der Waals surface area contributed by atoms with Gasteiger partial charge < -0.3 is 15.4 Å². The SMILES string of the molecule is COC(=O)c1ccc(CNC(=O)C2CC(N[C@H](C)c3cccc4ccccc34)C2)cc1. The molecule has 5 heteroatoms. The molecule has 0 radical (unpaired) electrons. The first-order chi connectivity index (χ1) is 15.0. The molecule has 0 heterocycles. The summed E-state index contributed by atoms with van der Waals surface area (Å²) in [5.41, 5.74) is 2.76. The fraction of sp³-hybridized carbons (Fsp3) is 0.308. The number of amides is 1. The van der Waals surface area contributed by atoms with E-state index in [1.54, 1.807) is 12.1 Å². The standard InChI is InChI=1S/C26H28N2O3/c1-17(23-9-5-7-19-6-3-4-8-24(19)23)28-22-14-21(15-22)25(29)27-16-18-10-12-20(13-11-18)26(30)31-2/h3-13,17,21-22,28H,14-16H2,1-2H3,(H,27,29)/t17-,21?,22?/m1/s1. The minimum Gasteiger partial charge on any atom is -0.465 e. The molecule has 5 nitrogen and oxygen atoms in total. The van der Waals surface area contributed by atoms with Gasteiger partial charge >= 0.3 is 5.97 Å².